The number of amides is 2. The molecule has 96 valence electrons. The van der Waals surface area contributed by atoms with Gasteiger partial charge in [-0.25, -0.2) is 0 Å². The predicted octanol–water partition coefficient (Wildman–Crippen LogP) is -1.16. The number of nitrogens with two attached hydrogens (primary N) is 1. The van der Waals surface area contributed by atoms with Crippen molar-refractivity contribution < 1.29 is 14.3 Å². The normalized spacial score (nSPS) is 24.5. The highest BCUT2D eigenvalue weighted by Gasteiger charge is 2.35. The third-order valence-corrected chi connectivity index (χ3v) is 3.03. The van der Waals surface area contributed by atoms with Gasteiger partial charge in [-0.05, 0) is 12.8 Å². The summed E-state index contributed by atoms with van der Waals surface area (Å²) in [6, 6.07) is -0.181. The summed E-state index contributed by atoms with van der Waals surface area (Å²) in [6.07, 6.45) is 2.36. The average molecular weight is 241 g/mol. The van der Waals surface area contributed by atoms with Gasteiger partial charge in [0.2, 0.25) is 11.8 Å². The SMILES string of the molecule is NCCC(=O)N1CCOCC1C(=O)NC1CC1. The first-order chi connectivity index (χ1) is 8.22. The second-order valence-corrected chi connectivity index (χ2v) is 4.50. The minimum Gasteiger partial charge on any atom is -0.377 e. The van der Waals surface area contributed by atoms with Crippen molar-refractivity contribution in [2.24, 2.45) is 5.73 Å². The Morgan fingerprint density at radius 3 is 2.82 bits per heavy atom. The molecule has 2 aliphatic rings. The fraction of sp³-hybridized carbons (Fsp3) is 0.818. The second kappa shape index (κ2) is 5.46. The Morgan fingerprint density at radius 2 is 2.18 bits per heavy atom. The van der Waals surface area contributed by atoms with Gasteiger partial charge in [-0.1, -0.05) is 0 Å². The number of hydrogen-bond donors (Lipinski definition) is 2. The third kappa shape index (κ3) is 3.17. The van der Waals surface area contributed by atoms with E-state index in [0.29, 0.717) is 25.7 Å². The summed E-state index contributed by atoms with van der Waals surface area (Å²) in [5.74, 6) is -0.163. The molecule has 1 saturated heterocycles. The number of ether oxygens (including phenoxy) is 1. The quantitative estimate of drug-likeness (QED) is 0.650. The van der Waals surface area contributed by atoms with Crippen LogP contribution in [0.15, 0.2) is 0 Å². The first kappa shape index (κ1) is 12.3. The lowest BCUT2D eigenvalue weighted by molar-refractivity contribution is -0.148. The maximum atomic E-state index is 12.0. The van der Waals surface area contributed by atoms with Gasteiger partial charge in [0.25, 0.3) is 0 Å². The van der Waals surface area contributed by atoms with Crippen LogP contribution in [-0.2, 0) is 14.3 Å². The van der Waals surface area contributed by atoms with Crippen LogP contribution in [0.3, 0.4) is 0 Å². The minimum absolute atomic E-state index is 0.0632. The van der Waals surface area contributed by atoms with Gasteiger partial charge in [0.15, 0.2) is 0 Å². The van der Waals surface area contributed by atoms with Crippen molar-refractivity contribution in [1.82, 2.24) is 10.2 Å². The Balaban J connectivity index is 1.94. The molecule has 1 unspecified atom stereocenters. The molecule has 2 amide bonds. The Kier molecular flexibility index (Phi) is 3.96. The molecule has 0 spiro atoms. The number of rotatable bonds is 4. The van der Waals surface area contributed by atoms with Gasteiger partial charge < -0.3 is 20.7 Å². The van der Waals surface area contributed by atoms with E-state index in [1.807, 2.05) is 0 Å². The molecule has 0 aromatic carbocycles. The van der Waals surface area contributed by atoms with Gasteiger partial charge in [0, 0.05) is 25.6 Å². The first-order valence-electron chi connectivity index (χ1n) is 6.10. The van der Waals surface area contributed by atoms with Crippen LogP contribution in [0.2, 0.25) is 0 Å². The van der Waals surface area contributed by atoms with Crippen LogP contribution >= 0.6 is 0 Å². The molecule has 3 N–H and O–H groups in total. The van der Waals surface area contributed by atoms with Crippen molar-refractivity contribution in [1.29, 1.82) is 0 Å². The van der Waals surface area contributed by atoms with Crippen LogP contribution in [0.25, 0.3) is 0 Å². The number of nitrogens with zero attached hydrogens (tertiary/aromatic N) is 1. The molecule has 6 nitrogen and oxygen atoms in total. The molecule has 1 saturated carbocycles. The highest BCUT2D eigenvalue weighted by atomic mass is 16.5. The number of nitrogens with one attached hydrogen (secondary N) is 1. The summed E-state index contributed by atoms with van der Waals surface area (Å²) in [6.45, 7) is 1.56. The summed E-state index contributed by atoms with van der Waals surface area (Å²) in [5.41, 5.74) is 5.37. The lowest BCUT2D eigenvalue weighted by atomic mass is 10.2. The lowest BCUT2D eigenvalue weighted by Gasteiger charge is -2.34. The number of carbonyl (C=O) groups is 2. The van der Waals surface area contributed by atoms with Crippen molar-refractivity contribution in [3.8, 4) is 0 Å². The Morgan fingerprint density at radius 1 is 1.41 bits per heavy atom. The van der Waals surface area contributed by atoms with E-state index < -0.39 is 6.04 Å². The molecule has 0 bridgehead atoms. The van der Waals surface area contributed by atoms with Gasteiger partial charge in [-0.3, -0.25) is 9.59 Å². The van der Waals surface area contributed by atoms with Gasteiger partial charge in [0.05, 0.1) is 13.2 Å². The molecule has 17 heavy (non-hydrogen) atoms. The summed E-state index contributed by atoms with van der Waals surface area (Å²) in [4.78, 5) is 25.4. The van der Waals surface area contributed by atoms with E-state index in [0.717, 1.165) is 12.8 Å². The van der Waals surface area contributed by atoms with Crippen molar-refractivity contribution >= 4 is 11.8 Å². The van der Waals surface area contributed by atoms with Crippen molar-refractivity contribution in [3.63, 3.8) is 0 Å². The molecule has 2 rings (SSSR count). The van der Waals surface area contributed by atoms with Gasteiger partial charge in [-0.15, -0.1) is 0 Å². The van der Waals surface area contributed by atoms with Crippen LogP contribution < -0.4 is 11.1 Å². The number of carbonyl (C=O) groups excluding carboxylic acids is 2. The van der Waals surface area contributed by atoms with Crippen LogP contribution in [0, 0.1) is 0 Å². The first-order valence-corrected chi connectivity index (χ1v) is 6.10. The third-order valence-electron chi connectivity index (χ3n) is 3.03. The molecule has 0 aromatic rings. The molecule has 1 atom stereocenters. The molecule has 0 aromatic heterocycles. The van der Waals surface area contributed by atoms with Crippen LogP contribution in [-0.4, -0.2) is 55.1 Å². The maximum Gasteiger partial charge on any atom is 0.245 e. The van der Waals surface area contributed by atoms with Crippen LogP contribution in [0.4, 0.5) is 0 Å². The highest BCUT2D eigenvalue weighted by molar-refractivity contribution is 5.88. The zero-order valence-corrected chi connectivity index (χ0v) is 9.85. The van der Waals surface area contributed by atoms with E-state index in [1.54, 1.807) is 4.90 Å². The van der Waals surface area contributed by atoms with Gasteiger partial charge in [0.1, 0.15) is 6.04 Å². The summed E-state index contributed by atoms with van der Waals surface area (Å²) < 4.78 is 5.28. The van der Waals surface area contributed by atoms with Crippen molar-refractivity contribution in [2.75, 3.05) is 26.3 Å². The smallest absolute Gasteiger partial charge is 0.245 e. The largest absolute Gasteiger partial charge is 0.377 e. The molecule has 1 heterocycles. The maximum absolute atomic E-state index is 12.0. The molecular formula is C11H19N3O3. The molecule has 2 fully saturated rings. The molecular weight excluding hydrogens is 222 g/mol. The molecule has 1 aliphatic heterocycles. The highest BCUT2D eigenvalue weighted by Crippen LogP contribution is 2.19. The Labute approximate surface area is 100 Å². The molecule has 1 aliphatic carbocycles. The van der Waals surface area contributed by atoms with E-state index in [1.165, 1.54) is 0 Å². The zero-order valence-electron chi connectivity index (χ0n) is 9.85. The number of hydrogen-bond acceptors (Lipinski definition) is 4. The topological polar surface area (TPSA) is 84.7 Å². The molecule has 6 heteroatoms. The number of morpholine rings is 1. The summed E-state index contributed by atoms with van der Waals surface area (Å²) in [7, 11) is 0. The Bertz CT molecular complexity index is 304. The standard InChI is InChI=1S/C11H19N3O3/c12-4-3-10(15)14-5-6-17-7-9(14)11(16)13-8-1-2-8/h8-9H,1-7,12H2,(H,13,16). The average Bonchev–Trinajstić information content (AvgIpc) is 3.13. The van der Waals surface area contributed by atoms with E-state index in [9.17, 15) is 9.59 Å². The fourth-order valence-electron chi connectivity index (χ4n) is 1.91. The summed E-state index contributed by atoms with van der Waals surface area (Å²) >= 11 is 0. The fourth-order valence-corrected chi connectivity index (χ4v) is 1.91. The zero-order chi connectivity index (χ0) is 12.3. The van der Waals surface area contributed by atoms with E-state index in [4.69, 9.17) is 10.5 Å². The van der Waals surface area contributed by atoms with Crippen molar-refractivity contribution in [2.45, 2.75) is 31.3 Å². The second-order valence-electron chi connectivity index (χ2n) is 4.50. The minimum atomic E-state index is -0.483. The van der Waals surface area contributed by atoms with E-state index in [2.05, 4.69) is 5.32 Å². The van der Waals surface area contributed by atoms with Crippen molar-refractivity contribution in [3.05, 3.63) is 0 Å². The lowest BCUT2D eigenvalue weighted by Crippen LogP contribution is -2.56. The van der Waals surface area contributed by atoms with Gasteiger partial charge in [-0.2, -0.15) is 0 Å². The summed E-state index contributed by atoms with van der Waals surface area (Å²) in [5, 5.41) is 2.91. The Hall–Kier alpha value is -1.14. The van der Waals surface area contributed by atoms with E-state index in [-0.39, 0.29) is 24.8 Å². The molecule has 0 radical (unpaired) electrons. The predicted molar refractivity (Wildman–Crippen MR) is 61.2 cm³/mol. The monoisotopic (exact) mass is 241 g/mol. The van der Waals surface area contributed by atoms with Gasteiger partial charge >= 0.3 is 0 Å². The van der Waals surface area contributed by atoms with Crippen LogP contribution in [0.1, 0.15) is 19.3 Å². The van der Waals surface area contributed by atoms with E-state index >= 15 is 0 Å². The van der Waals surface area contributed by atoms with Crippen LogP contribution in [0.5, 0.6) is 0 Å².